The fraction of sp³-hybridized carbons (Fsp3) is 0.467. The average molecular weight is 582 g/mol. The number of esters is 1. The first-order valence-corrected chi connectivity index (χ1v) is 13.6. The Morgan fingerprint density at radius 3 is 2.40 bits per heavy atom. The van der Waals surface area contributed by atoms with Crippen LogP contribution in [0.15, 0.2) is 28.7 Å². The van der Waals surface area contributed by atoms with E-state index in [0.29, 0.717) is 17.7 Å². The van der Waals surface area contributed by atoms with Crippen LogP contribution in [0, 0.1) is 23.7 Å². The average Bonchev–Trinajstić information content (AvgIpc) is 2.89. The number of phenols is 1. The van der Waals surface area contributed by atoms with Crippen molar-refractivity contribution in [1.82, 2.24) is 4.90 Å². The van der Waals surface area contributed by atoms with Gasteiger partial charge in [-0.05, 0) is 50.9 Å². The highest BCUT2D eigenvalue weighted by atomic mass is 16.5. The predicted molar refractivity (Wildman–Crippen MR) is 151 cm³/mol. The van der Waals surface area contributed by atoms with Crippen molar-refractivity contribution in [2.24, 2.45) is 17.6 Å². The fourth-order valence-corrected chi connectivity index (χ4v) is 6.26. The van der Waals surface area contributed by atoms with Gasteiger partial charge in [0.2, 0.25) is 5.78 Å². The molecule has 4 rings (SSSR count). The number of fused-ring (bicyclic) bond motifs is 3. The van der Waals surface area contributed by atoms with E-state index in [1.54, 1.807) is 39.2 Å². The van der Waals surface area contributed by atoms with E-state index in [-0.39, 0.29) is 36.1 Å². The molecule has 0 heterocycles. The lowest BCUT2D eigenvalue weighted by Crippen LogP contribution is -2.63. The van der Waals surface area contributed by atoms with Gasteiger partial charge in [0.1, 0.15) is 22.8 Å². The third-order valence-electron chi connectivity index (χ3n) is 8.21. The number of likely N-dealkylation sites (N-methyl/N-ethyl adjacent to an activating group) is 1. The second-order valence-corrected chi connectivity index (χ2v) is 11.2. The number of allylic oxidation sites excluding steroid dienone is 1. The SMILES string of the molecule is CCCCOC(=O)C#Cc1cc(N(C)C)c2c(c1O)C(=O)C1=C(O)C3(O)C(=O)C(C(N)=O)=C(O)C(N(C)C)C3CC1C2. The maximum Gasteiger partial charge on any atom is 0.384 e. The molecule has 0 radical (unpaired) electrons. The molecule has 4 unspecified atom stereocenters. The van der Waals surface area contributed by atoms with Gasteiger partial charge in [-0.15, -0.1) is 0 Å². The van der Waals surface area contributed by atoms with Crippen molar-refractivity contribution in [3.05, 3.63) is 45.4 Å². The molecular formula is C30H35N3O9. The Bertz CT molecular complexity index is 1510. The third-order valence-corrected chi connectivity index (χ3v) is 8.21. The van der Waals surface area contributed by atoms with Crippen molar-refractivity contribution in [2.45, 2.75) is 44.2 Å². The van der Waals surface area contributed by atoms with Gasteiger partial charge in [0.25, 0.3) is 5.91 Å². The van der Waals surface area contributed by atoms with Crippen molar-refractivity contribution in [1.29, 1.82) is 0 Å². The molecule has 0 bridgehead atoms. The van der Waals surface area contributed by atoms with Gasteiger partial charge in [0, 0.05) is 37.2 Å². The van der Waals surface area contributed by atoms with Gasteiger partial charge in [0.05, 0.1) is 23.8 Å². The number of nitrogens with zero attached hydrogens (tertiary/aromatic N) is 2. The normalized spacial score (nSPS) is 24.9. The number of ether oxygens (including phenoxy) is 1. The summed E-state index contributed by atoms with van der Waals surface area (Å²) in [6.07, 6.45) is 1.59. The van der Waals surface area contributed by atoms with Crippen molar-refractivity contribution in [3.63, 3.8) is 0 Å². The number of hydrogen-bond donors (Lipinski definition) is 5. The van der Waals surface area contributed by atoms with Crippen LogP contribution in [0.2, 0.25) is 0 Å². The summed E-state index contributed by atoms with van der Waals surface area (Å²) in [6.45, 7) is 2.13. The lowest BCUT2D eigenvalue weighted by molar-refractivity contribution is -0.148. The third kappa shape index (κ3) is 4.68. The number of unbranched alkanes of at least 4 members (excludes halogenated alkanes) is 1. The van der Waals surface area contributed by atoms with E-state index in [1.165, 1.54) is 4.90 Å². The zero-order valence-electron chi connectivity index (χ0n) is 24.1. The minimum Gasteiger partial charge on any atom is -0.510 e. The van der Waals surface area contributed by atoms with Crippen LogP contribution in [-0.2, 0) is 25.5 Å². The number of Topliss-reactive ketones (excluding diaryl/α,β-unsaturated/α-hetero) is 2. The number of anilines is 1. The Morgan fingerprint density at radius 2 is 1.83 bits per heavy atom. The van der Waals surface area contributed by atoms with Crippen LogP contribution in [-0.4, -0.2) is 95.2 Å². The monoisotopic (exact) mass is 581 g/mol. The molecule has 3 aliphatic carbocycles. The van der Waals surface area contributed by atoms with Crippen LogP contribution < -0.4 is 10.6 Å². The Labute approximate surface area is 243 Å². The Hall–Kier alpha value is -4.34. The van der Waals surface area contributed by atoms with E-state index in [0.717, 1.165) is 6.42 Å². The number of amides is 1. The molecule has 12 nitrogen and oxygen atoms in total. The molecule has 0 aliphatic heterocycles. The number of carbonyl (C=O) groups excluding carboxylic acids is 4. The standard InChI is InChI=1S/C30H35N3O9/c1-6-7-10-42-19(34)9-8-14-13-18(32(2)3)16-11-15-12-17-23(33(4)5)26(37)22(29(31)40)28(39)30(17,41)27(38)20(15)25(36)21(16)24(14)35/h13,15,17,23,35,37-38,41H,6-7,10-12H2,1-5H3,(H2,31,40). The summed E-state index contributed by atoms with van der Waals surface area (Å²) in [5, 5.41) is 45.3. The summed E-state index contributed by atoms with van der Waals surface area (Å²) in [6, 6.07) is 0.467. The largest absolute Gasteiger partial charge is 0.510 e. The van der Waals surface area contributed by atoms with Gasteiger partial charge in [-0.1, -0.05) is 19.3 Å². The van der Waals surface area contributed by atoms with E-state index in [1.807, 2.05) is 6.92 Å². The highest BCUT2D eigenvalue weighted by Crippen LogP contribution is 2.53. The number of carbonyl (C=O) groups is 4. The first-order chi connectivity index (χ1) is 19.7. The van der Waals surface area contributed by atoms with E-state index < -0.39 is 69.8 Å². The quantitative estimate of drug-likeness (QED) is 0.139. The molecule has 6 N–H and O–H groups in total. The smallest absolute Gasteiger partial charge is 0.384 e. The molecule has 1 aromatic rings. The Morgan fingerprint density at radius 1 is 1.17 bits per heavy atom. The molecule has 0 saturated heterocycles. The number of aromatic hydroxyl groups is 1. The first-order valence-electron chi connectivity index (χ1n) is 13.6. The van der Waals surface area contributed by atoms with Crippen molar-refractivity contribution >= 4 is 29.1 Å². The second kappa shape index (κ2) is 11.2. The molecule has 224 valence electrons. The summed E-state index contributed by atoms with van der Waals surface area (Å²) in [7, 11) is 6.59. The predicted octanol–water partition coefficient (Wildman–Crippen LogP) is 0.881. The van der Waals surface area contributed by atoms with Gasteiger partial charge in [-0.25, -0.2) is 4.79 Å². The molecule has 0 spiro atoms. The van der Waals surface area contributed by atoms with Crippen LogP contribution in [0.1, 0.15) is 47.7 Å². The number of ketones is 2. The van der Waals surface area contributed by atoms with E-state index in [2.05, 4.69) is 11.8 Å². The molecule has 12 heteroatoms. The number of benzene rings is 1. The van der Waals surface area contributed by atoms with Gasteiger partial charge >= 0.3 is 5.97 Å². The second-order valence-electron chi connectivity index (χ2n) is 11.2. The Balaban J connectivity index is 1.89. The maximum absolute atomic E-state index is 14.0. The molecular weight excluding hydrogens is 546 g/mol. The highest BCUT2D eigenvalue weighted by molar-refractivity contribution is 6.25. The number of hydrogen-bond acceptors (Lipinski definition) is 11. The molecule has 0 fully saturated rings. The van der Waals surface area contributed by atoms with E-state index in [4.69, 9.17) is 10.5 Å². The number of rotatable bonds is 6. The van der Waals surface area contributed by atoms with E-state index >= 15 is 0 Å². The molecule has 42 heavy (non-hydrogen) atoms. The van der Waals surface area contributed by atoms with Crippen LogP contribution in [0.4, 0.5) is 5.69 Å². The molecule has 4 atom stereocenters. The number of primary amides is 1. The lowest BCUT2D eigenvalue weighted by atomic mass is 9.58. The van der Waals surface area contributed by atoms with Crippen LogP contribution in [0.25, 0.3) is 0 Å². The first kappa shape index (κ1) is 30.6. The Kier molecular flexibility index (Phi) is 8.13. The number of aliphatic hydroxyl groups is 3. The minimum atomic E-state index is -2.73. The van der Waals surface area contributed by atoms with Crippen molar-refractivity contribution in [2.75, 3.05) is 39.7 Å². The van der Waals surface area contributed by atoms with Crippen molar-refractivity contribution in [3.8, 4) is 17.6 Å². The molecule has 0 aromatic heterocycles. The zero-order chi connectivity index (χ0) is 31.3. The van der Waals surface area contributed by atoms with Crippen LogP contribution in [0.3, 0.4) is 0 Å². The topological polar surface area (TPSA) is 191 Å². The zero-order valence-corrected chi connectivity index (χ0v) is 24.1. The lowest BCUT2D eigenvalue weighted by Gasteiger charge is -2.50. The van der Waals surface area contributed by atoms with Gasteiger partial charge in [0.15, 0.2) is 11.4 Å². The number of phenolic OH excluding ortho intramolecular Hbond substituents is 1. The number of aliphatic hydroxyl groups excluding tert-OH is 2. The summed E-state index contributed by atoms with van der Waals surface area (Å²) < 4.78 is 5.04. The van der Waals surface area contributed by atoms with Gasteiger partial charge in [-0.2, -0.15) is 0 Å². The summed E-state index contributed by atoms with van der Waals surface area (Å²) in [4.78, 5) is 54.9. The summed E-state index contributed by atoms with van der Waals surface area (Å²) in [5.74, 6) is -3.31. The minimum absolute atomic E-state index is 0.0233. The maximum atomic E-state index is 14.0. The fourth-order valence-electron chi connectivity index (χ4n) is 6.26. The number of nitrogens with two attached hydrogens (primary N) is 1. The van der Waals surface area contributed by atoms with Gasteiger partial charge < -0.3 is 35.8 Å². The highest BCUT2D eigenvalue weighted by Gasteiger charge is 2.63. The molecule has 1 aromatic carbocycles. The van der Waals surface area contributed by atoms with Crippen molar-refractivity contribution < 1.29 is 44.3 Å². The van der Waals surface area contributed by atoms with Crippen LogP contribution in [0.5, 0.6) is 5.75 Å². The molecule has 3 aliphatic rings. The summed E-state index contributed by atoms with van der Waals surface area (Å²) >= 11 is 0. The molecule has 1 amide bonds. The van der Waals surface area contributed by atoms with Crippen LogP contribution >= 0.6 is 0 Å². The summed E-state index contributed by atoms with van der Waals surface area (Å²) in [5.41, 5.74) is 2.25. The van der Waals surface area contributed by atoms with Gasteiger partial charge in [-0.3, -0.25) is 19.3 Å². The van der Waals surface area contributed by atoms with E-state index in [9.17, 15) is 39.6 Å². The molecule has 0 saturated carbocycles.